The highest BCUT2D eigenvalue weighted by molar-refractivity contribution is 7.80. The number of hydrogen-bond acceptors (Lipinski definition) is 4. The molecule has 0 aliphatic heterocycles. The van der Waals surface area contributed by atoms with Crippen LogP contribution in [0.5, 0.6) is 0 Å². The zero-order valence-corrected chi connectivity index (χ0v) is 27.9. The lowest BCUT2D eigenvalue weighted by atomic mass is 10.1. The van der Waals surface area contributed by atoms with Crippen LogP contribution in [0.1, 0.15) is 59.2 Å². The van der Waals surface area contributed by atoms with Crippen molar-refractivity contribution in [1.29, 1.82) is 0 Å². The fourth-order valence-electron chi connectivity index (χ4n) is 5.19. The number of unbranched alkanes of at least 4 members (excludes halogenated alkanes) is 3. The van der Waals surface area contributed by atoms with Gasteiger partial charge in [0.05, 0.1) is 0 Å². The van der Waals surface area contributed by atoms with E-state index in [-0.39, 0.29) is 11.8 Å². The summed E-state index contributed by atoms with van der Waals surface area (Å²) in [4.78, 5) is 29.8. The van der Waals surface area contributed by atoms with Crippen LogP contribution in [0, 0.1) is 0 Å². The molecule has 4 aromatic rings. The SMILES string of the molecule is O=C(NC(=S)N(CCCCCCN(CCCn1cccc1)C(=S)NC(=O)c1ccccc1)CCCn1cccc1)c1ccccc1. The van der Waals surface area contributed by atoms with Crippen molar-refractivity contribution >= 4 is 46.5 Å². The first-order valence-corrected chi connectivity index (χ1v) is 16.8. The van der Waals surface area contributed by atoms with E-state index in [1.54, 1.807) is 24.3 Å². The van der Waals surface area contributed by atoms with E-state index in [0.29, 0.717) is 21.4 Å². The summed E-state index contributed by atoms with van der Waals surface area (Å²) < 4.78 is 4.31. The third-order valence-electron chi connectivity index (χ3n) is 7.71. The highest BCUT2D eigenvalue weighted by atomic mass is 32.1. The van der Waals surface area contributed by atoms with Gasteiger partial charge in [0.1, 0.15) is 0 Å². The maximum atomic E-state index is 12.8. The predicted molar refractivity (Wildman–Crippen MR) is 193 cm³/mol. The summed E-state index contributed by atoms with van der Waals surface area (Å²) in [6.45, 7) is 4.84. The third-order valence-corrected chi connectivity index (χ3v) is 8.43. The summed E-state index contributed by atoms with van der Waals surface area (Å²) in [6, 6.07) is 26.4. The number of rotatable bonds is 17. The quantitative estimate of drug-likeness (QED) is 0.102. The zero-order valence-electron chi connectivity index (χ0n) is 26.3. The molecule has 0 bridgehead atoms. The second-order valence-corrected chi connectivity index (χ2v) is 12.0. The summed E-state index contributed by atoms with van der Waals surface area (Å²) in [5.74, 6) is -0.374. The number of nitrogens with zero attached hydrogens (tertiary/aromatic N) is 4. The van der Waals surface area contributed by atoms with Crippen LogP contribution in [0.2, 0.25) is 0 Å². The molecule has 0 saturated heterocycles. The van der Waals surface area contributed by atoms with Gasteiger partial charge in [0.2, 0.25) is 0 Å². The maximum absolute atomic E-state index is 12.8. The monoisotopic (exact) mass is 656 g/mol. The smallest absolute Gasteiger partial charge is 0.257 e. The van der Waals surface area contributed by atoms with E-state index < -0.39 is 0 Å². The molecule has 0 radical (unpaired) electrons. The molecule has 2 heterocycles. The van der Waals surface area contributed by atoms with Crippen molar-refractivity contribution in [1.82, 2.24) is 29.6 Å². The summed E-state index contributed by atoms with van der Waals surface area (Å²) >= 11 is 11.4. The number of carbonyl (C=O) groups is 2. The Bertz CT molecular complexity index is 1360. The zero-order chi connectivity index (χ0) is 32.4. The van der Waals surface area contributed by atoms with Gasteiger partial charge >= 0.3 is 0 Å². The van der Waals surface area contributed by atoms with Gasteiger partial charge in [-0.05, 0) is 98.6 Å². The second-order valence-electron chi connectivity index (χ2n) is 11.2. The van der Waals surface area contributed by atoms with E-state index in [4.69, 9.17) is 24.4 Å². The Kier molecular flexibility index (Phi) is 14.5. The van der Waals surface area contributed by atoms with E-state index in [0.717, 1.165) is 77.8 Å². The molecule has 0 saturated carbocycles. The van der Waals surface area contributed by atoms with Crippen molar-refractivity contribution in [3.8, 4) is 0 Å². The molecule has 10 heteroatoms. The third kappa shape index (κ3) is 11.9. The number of aryl methyl sites for hydroxylation is 2. The van der Waals surface area contributed by atoms with Crippen LogP contribution in [0.25, 0.3) is 0 Å². The molecule has 2 N–H and O–H groups in total. The number of hydrogen-bond donors (Lipinski definition) is 2. The van der Waals surface area contributed by atoms with E-state index in [1.165, 1.54) is 0 Å². The van der Waals surface area contributed by atoms with Crippen LogP contribution in [0.3, 0.4) is 0 Å². The second kappa shape index (κ2) is 19.3. The van der Waals surface area contributed by atoms with Crippen LogP contribution in [0.4, 0.5) is 0 Å². The average Bonchev–Trinajstić information content (AvgIpc) is 3.80. The number of nitrogens with one attached hydrogen (secondary N) is 2. The molecular formula is C36H44N6O2S2. The van der Waals surface area contributed by atoms with Crippen molar-refractivity contribution in [3.63, 3.8) is 0 Å². The highest BCUT2D eigenvalue weighted by Gasteiger charge is 2.16. The van der Waals surface area contributed by atoms with Gasteiger partial charge in [-0.3, -0.25) is 20.2 Å². The molecule has 2 aromatic heterocycles. The predicted octanol–water partition coefficient (Wildman–Crippen LogP) is 6.36. The summed E-state index contributed by atoms with van der Waals surface area (Å²) in [6.07, 6.45) is 14.0. The fourth-order valence-corrected chi connectivity index (χ4v) is 5.74. The standard InChI is InChI=1S/C36H44N6O2S2/c43-33(31-17-5-3-6-18-31)37-35(45)41(29-15-25-39-21-11-12-22-39)27-9-1-2-10-28-42(30-16-26-40-23-13-14-24-40)36(46)38-34(44)32-19-7-4-8-20-32/h3-8,11-14,17-24H,1-2,9-10,15-16,25-30H2,(H,37,43,45)(H,38,44,46). The Labute approximate surface area is 283 Å². The lowest BCUT2D eigenvalue weighted by Gasteiger charge is -2.26. The number of amides is 2. The summed E-state index contributed by atoms with van der Waals surface area (Å²) in [7, 11) is 0. The largest absolute Gasteiger partial charge is 0.354 e. The lowest BCUT2D eigenvalue weighted by Crippen LogP contribution is -2.44. The fraction of sp³-hybridized carbons (Fsp3) is 0.333. The molecule has 2 aromatic carbocycles. The first-order chi connectivity index (χ1) is 22.5. The van der Waals surface area contributed by atoms with Crippen molar-refractivity contribution in [2.75, 3.05) is 26.2 Å². The molecule has 0 fully saturated rings. The molecule has 0 unspecified atom stereocenters. The molecule has 2 amide bonds. The van der Waals surface area contributed by atoms with Crippen molar-refractivity contribution in [2.24, 2.45) is 0 Å². The van der Waals surface area contributed by atoms with Gasteiger partial charge in [0, 0.05) is 75.2 Å². The Balaban J connectivity index is 1.24. The van der Waals surface area contributed by atoms with Crippen LogP contribution in [-0.2, 0) is 13.1 Å². The van der Waals surface area contributed by atoms with E-state index >= 15 is 0 Å². The molecule has 0 atom stereocenters. The number of benzene rings is 2. The van der Waals surface area contributed by atoms with Crippen LogP contribution in [-0.4, -0.2) is 67.2 Å². The topological polar surface area (TPSA) is 74.5 Å². The van der Waals surface area contributed by atoms with E-state index in [2.05, 4.69) is 54.4 Å². The van der Waals surface area contributed by atoms with Crippen molar-refractivity contribution < 1.29 is 9.59 Å². The molecule has 0 aliphatic carbocycles. The van der Waals surface area contributed by atoms with Crippen LogP contribution >= 0.6 is 24.4 Å². The molecular weight excluding hydrogens is 613 g/mol. The number of carbonyl (C=O) groups excluding carboxylic acids is 2. The Morgan fingerprint density at radius 2 is 0.848 bits per heavy atom. The lowest BCUT2D eigenvalue weighted by molar-refractivity contribution is 0.0964. The normalized spacial score (nSPS) is 10.7. The molecule has 242 valence electrons. The molecule has 0 aliphatic rings. The van der Waals surface area contributed by atoms with E-state index in [1.807, 2.05) is 60.7 Å². The first-order valence-electron chi connectivity index (χ1n) is 16.0. The molecule has 46 heavy (non-hydrogen) atoms. The molecule has 8 nitrogen and oxygen atoms in total. The van der Waals surface area contributed by atoms with Gasteiger partial charge in [0.15, 0.2) is 10.2 Å². The van der Waals surface area contributed by atoms with Crippen molar-refractivity contribution in [2.45, 2.75) is 51.6 Å². The Morgan fingerprint density at radius 1 is 0.500 bits per heavy atom. The summed E-state index contributed by atoms with van der Waals surface area (Å²) in [5, 5.41) is 6.80. The van der Waals surface area contributed by atoms with Crippen molar-refractivity contribution in [3.05, 3.63) is 121 Å². The minimum absolute atomic E-state index is 0.187. The summed E-state index contributed by atoms with van der Waals surface area (Å²) in [5.41, 5.74) is 1.18. The van der Waals surface area contributed by atoms with Gasteiger partial charge in [0.25, 0.3) is 11.8 Å². The maximum Gasteiger partial charge on any atom is 0.257 e. The van der Waals surface area contributed by atoms with Gasteiger partial charge in [-0.1, -0.05) is 49.2 Å². The van der Waals surface area contributed by atoms with Crippen LogP contribution in [0.15, 0.2) is 110 Å². The van der Waals surface area contributed by atoms with Gasteiger partial charge in [-0.2, -0.15) is 0 Å². The van der Waals surface area contributed by atoms with Gasteiger partial charge in [-0.25, -0.2) is 0 Å². The van der Waals surface area contributed by atoms with Gasteiger partial charge < -0.3 is 18.9 Å². The first kappa shape index (κ1) is 34.6. The minimum Gasteiger partial charge on any atom is -0.354 e. The minimum atomic E-state index is -0.187. The van der Waals surface area contributed by atoms with Crippen LogP contribution < -0.4 is 10.6 Å². The average molecular weight is 657 g/mol. The number of aromatic nitrogens is 2. The molecule has 4 rings (SSSR count). The molecule has 0 spiro atoms. The Morgan fingerprint density at radius 3 is 1.22 bits per heavy atom. The number of thiocarbonyl (C=S) groups is 2. The highest BCUT2D eigenvalue weighted by Crippen LogP contribution is 2.09. The van der Waals surface area contributed by atoms with E-state index in [9.17, 15) is 9.59 Å². The Hall–Kier alpha value is -4.28. The van der Waals surface area contributed by atoms with Gasteiger partial charge in [-0.15, -0.1) is 0 Å².